The molecule has 5 atom stereocenters. The van der Waals surface area contributed by atoms with Crippen molar-refractivity contribution in [2.45, 2.75) is 95.9 Å². The Morgan fingerprint density at radius 1 is 0.877 bits per heavy atom. The number of thioether (sulfide) groups is 1. The number of aliphatic carboxylic acids is 1. The van der Waals surface area contributed by atoms with Crippen LogP contribution < -0.4 is 37.5 Å². The molecule has 0 saturated carbocycles. The highest BCUT2D eigenvalue weighted by Crippen LogP contribution is 2.22. The molecule has 7 amide bonds. The fourth-order valence-electron chi connectivity index (χ4n) is 6.27. The molecule has 57 heavy (non-hydrogen) atoms. The van der Waals surface area contributed by atoms with Crippen LogP contribution in [-0.2, 0) is 38.4 Å². The van der Waals surface area contributed by atoms with E-state index in [4.69, 9.17) is 4.42 Å². The number of hydrogen-bond donors (Lipinski definition) is 8. The molecule has 8 N–H and O–H groups in total. The lowest BCUT2D eigenvalue weighted by Gasteiger charge is -2.29. The average molecular weight is 818 g/mol. The number of carbonyl (C=O) groups excluding carboxylic acids is 7. The molecule has 19 nitrogen and oxygen atoms in total. The summed E-state index contributed by atoms with van der Waals surface area (Å²) in [6.45, 7) is 3.88. The summed E-state index contributed by atoms with van der Waals surface area (Å²) in [6.07, 6.45) is 2.69. The predicted octanol–water partition coefficient (Wildman–Crippen LogP) is -0.483. The second-order valence-electron chi connectivity index (χ2n) is 13.6. The molecular weight excluding hydrogens is 767 g/mol. The number of amides is 7. The lowest BCUT2D eigenvalue weighted by Crippen LogP contribution is -2.59. The molecule has 2 heterocycles. The molecule has 0 radical (unpaired) electrons. The minimum absolute atomic E-state index is 0.0265. The smallest absolute Gasteiger partial charge is 0.336 e. The molecule has 0 aliphatic carbocycles. The van der Waals surface area contributed by atoms with Gasteiger partial charge in [0, 0.05) is 50.1 Å². The fourth-order valence-corrected chi connectivity index (χ4v) is 6.74. The third-order valence-electron chi connectivity index (χ3n) is 9.10. The average Bonchev–Trinajstić information content (AvgIpc) is 3.64. The summed E-state index contributed by atoms with van der Waals surface area (Å²) >= 11 is 1.48. The number of likely N-dealkylation sites (tertiary alicyclic amines) is 1. The number of carbonyl (C=O) groups is 8. The predicted molar refractivity (Wildman–Crippen MR) is 209 cm³/mol. The molecule has 0 bridgehead atoms. The van der Waals surface area contributed by atoms with Crippen LogP contribution in [0.15, 0.2) is 33.5 Å². The summed E-state index contributed by atoms with van der Waals surface area (Å²) in [6, 6.07) is -0.666. The van der Waals surface area contributed by atoms with E-state index in [2.05, 4.69) is 31.9 Å². The summed E-state index contributed by atoms with van der Waals surface area (Å²) in [5.41, 5.74) is 0.495. The third-order valence-corrected chi connectivity index (χ3v) is 9.74. The largest absolute Gasteiger partial charge is 0.481 e. The summed E-state index contributed by atoms with van der Waals surface area (Å²) in [5.74, 6) is -5.74. The number of aryl methyl sites for hydroxylation is 1. The maximum absolute atomic E-state index is 13.6. The van der Waals surface area contributed by atoms with Crippen LogP contribution in [0.25, 0.3) is 11.0 Å². The van der Waals surface area contributed by atoms with Gasteiger partial charge in [-0.05, 0) is 75.2 Å². The van der Waals surface area contributed by atoms with Crippen LogP contribution in [0.2, 0.25) is 0 Å². The lowest BCUT2D eigenvalue weighted by molar-refractivity contribution is -0.143. The first kappa shape index (κ1) is 45.9. The van der Waals surface area contributed by atoms with Crippen molar-refractivity contribution < 1.29 is 53.0 Å². The summed E-state index contributed by atoms with van der Waals surface area (Å²) in [7, 11) is 0. The zero-order valence-corrected chi connectivity index (χ0v) is 33.1. The van der Waals surface area contributed by atoms with Crippen LogP contribution in [-0.4, -0.2) is 124 Å². The summed E-state index contributed by atoms with van der Waals surface area (Å²) in [4.78, 5) is 115. The Morgan fingerprint density at radius 3 is 2.23 bits per heavy atom. The van der Waals surface area contributed by atoms with Crippen LogP contribution in [0.5, 0.6) is 0 Å². The maximum Gasteiger partial charge on any atom is 0.336 e. The molecule has 0 unspecified atom stereocenters. The van der Waals surface area contributed by atoms with E-state index in [0.29, 0.717) is 42.4 Å². The third kappa shape index (κ3) is 14.2. The quantitative estimate of drug-likeness (QED) is 0.0585. The van der Waals surface area contributed by atoms with E-state index in [1.807, 2.05) is 6.26 Å². The van der Waals surface area contributed by atoms with E-state index < -0.39 is 90.3 Å². The van der Waals surface area contributed by atoms with Crippen molar-refractivity contribution in [3.8, 4) is 0 Å². The number of fused-ring (bicyclic) bond motifs is 1. The van der Waals surface area contributed by atoms with E-state index in [-0.39, 0.29) is 43.1 Å². The van der Waals surface area contributed by atoms with Gasteiger partial charge >= 0.3 is 11.6 Å². The van der Waals surface area contributed by atoms with Gasteiger partial charge < -0.3 is 51.4 Å². The number of benzene rings is 1. The fraction of sp³-hybridized carbons (Fsp3) is 0.541. The highest BCUT2D eigenvalue weighted by Gasteiger charge is 2.39. The van der Waals surface area contributed by atoms with Gasteiger partial charge in [-0.2, -0.15) is 11.8 Å². The second-order valence-corrected chi connectivity index (χ2v) is 14.6. The van der Waals surface area contributed by atoms with Crippen LogP contribution in [0.1, 0.15) is 64.4 Å². The summed E-state index contributed by atoms with van der Waals surface area (Å²) in [5, 5.41) is 35.3. The molecule has 20 heteroatoms. The molecular formula is C37H51N7O12S. The van der Waals surface area contributed by atoms with Crippen molar-refractivity contribution in [3.63, 3.8) is 0 Å². The van der Waals surface area contributed by atoms with E-state index in [9.17, 15) is 53.4 Å². The first-order valence-electron chi connectivity index (χ1n) is 18.4. The normalized spacial score (nSPS) is 15.7. The minimum Gasteiger partial charge on any atom is -0.481 e. The molecule has 0 spiro atoms. The van der Waals surface area contributed by atoms with Crippen molar-refractivity contribution in [3.05, 3.63) is 40.2 Å². The Balaban J connectivity index is 1.75. The highest BCUT2D eigenvalue weighted by molar-refractivity contribution is 7.98. The zero-order chi connectivity index (χ0) is 42.2. The van der Waals surface area contributed by atoms with E-state index in [1.54, 1.807) is 19.1 Å². The van der Waals surface area contributed by atoms with Crippen molar-refractivity contribution in [2.75, 3.05) is 37.0 Å². The van der Waals surface area contributed by atoms with Gasteiger partial charge in [0.15, 0.2) is 0 Å². The second kappa shape index (κ2) is 22.3. The number of rotatable bonds is 21. The maximum atomic E-state index is 13.6. The Labute approximate surface area is 332 Å². The number of carboxylic acid groups (broad SMARTS) is 1. The van der Waals surface area contributed by atoms with Crippen LogP contribution in [0.3, 0.4) is 0 Å². The molecule has 2 aromatic rings. The number of aliphatic hydroxyl groups is 1. The van der Waals surface area contributed by atoms with Crippen molar-refractivity contribution in [1.82, 2.24) is 31.5 Å². The number of nitrogens with zero attached hydrogens (tertiary/aromatic N) is 1. The summed E-state index contributed by atoms with van der Waals surface area (Å²) < 4.78 is 5.26. The van der Waals surface area contributed by atoms with Gasteiger partial charge in [-0.3, -0.25) is 38.4 Å². The molecule has 1 aromatic carbocycles. The Bertz CT molecular complexity index is 1870. The van der Waals surface area contributed by atoms with Gasteiger partial charge in [-0.15, -0.1) is 0 Å². The van der Waals surface area contributed by atoms with Gasteiger partial charge in [0.1, 0.15) is 35.8 Å². The van der Waals surface area contributed by atoms with Gasteiger partial charge in [-0.25, -0.2) is 4.79 Å². The Hall–Kier alpha value is -5.50. The number of carboxylic acids is 1. The lowest BCUT2D eigenvalue weighted by atomic mass is 10.1. The first-order valence-corrected chi connectivity index (χ1v) is 19.8. The number of aliphatic hydroxyl groups excluding tert-OH is 1. The van der Waals surface area contributed by atoms with E-state index in [0.717, 1.165) is 0 Å². The van der Waals surface area contributed by atoms with Gasteiger partial charge in [0.25, 0.3) is 0 Å². The SMILES string of the molecule is CSCC[C@H](NC(C)=O)C(=O)N1CCC[C@H]1C(=O)N[C@@H](CO)C(=O)N[C@@H](CC(=O)O)C(=O)N[C@@H](CCCCNC(C)=O)C(=O)Nc1ccc2c(C)cc(=O)oc2c1. The zero-order valence-electron chi connectivity index (χ0n) is 32.3. The number of unbranched alkanes of at least 4 members (excludes halogenated alkanes) is 1. The minimum atomic E-state index is -1.77. The van der Waals surface area contributed by atoms with E-state index in [1.165, 1.54) is 42.6 Å². The van der Waals surface area contributed by atoms with Crippen molar-refractivity contribution in [1.29, 1.82) is 0 Å². The molecule has 1 saturated heterocycles. The van der Waals surface area contributed by atoms with Crippen LogP contribution in [0.4, 0.5) is 5.69 Å². The molecule has 1 fully saturated rings. The molecule has 1 aromatic heterocycles. The number of anilines is 1. The Kier molecular flexibility index (Phi) is 17.9. The van der Waals surface area contributed by atoms with E-state index >= 15 is 0 Å². The molecule has 1 aliphatic heterocycles. The van der Waals surface area contributed by atoms with Crippen LogP contribution in [0, 0.1) is 6.92 Å². The van der Waals surface area contributed by atoms with Crippen molar-refractivity contribution in [2.24, 2.45) is 0 Å². The number of nitrogens with one attached hydrogen (secondary N) is 6. The number of hydrogen-bond acceptors (Lipinski definition) is 12. The molecule has 312 valence electrons. The Morgan fingerprint density at radius 2 is 1.58 bits per heavy atom. The van der Waals surface area contributed by atoms with Crippen molar-refractivity contribution >= 4 is 75.7 Å². The van der Waals surface area contributed by atoms with Crippen LogP contribution >= 0.6 is 11.8 Å². The molecule has 3 rings (SSSR count). The monoisotopic (exact) mass is 817 g/mol. The molecule has 1 aliphatic rings. The van der Waals surface area contributed by atoms with Gasteiger partial charge in [0.05, 0.1) is 13.0 Å². The standard InChI is InChI=1S/C37H51N7O12S/c1-20-16-32(50)56-30-17-23(10-11-24(20)30)40-33(51)25(8-5-6-13-38-21(2)46)41-34(52)27(18-31(48)49)42-35(53)28(19-45)43-36(54)29-9-7-14-44(29)37(55)26(12-15-57-4)39-22(3)47/h10-11,16-17,25-29,45H,5-9,12-15,18-19H2,1-4H3,(H,38,46)(H,39,47)(H,40,51)(H,41,52)(H,42,53)(H,43,54)(H,48,49)/t25-,26-,27-,28-,29-/m0/s1. The topological polar surface area (TPSA) is 283 Å². The highest BCUT2D eigenvalue weighted by atomic mass is 32.2. The van der Waals surface area contributed by atoms with Gasteiger partial charge in [-0.1, -0.05) is 0 Å². The first-order chi connectivity index (χ1) is 27.0. The van der Waals surface area contributed by atoms with Gasteiger partial charge in [0.2, 0.25) is 41.4 Å².